The lowest BCUT2D eigenvalue weighted by molar-refractivity contribution is 0.111. The van der Waals surface area contributed by atoms with E-state index in [1.807, 2.05) is 50.2 Å². The van der Waals surface area contributed by atoms with E-state index in [1.54, 1.807) is 0 Å². The minimum atomic E-state index is 0.313. The highest BCUT2D eigenvalue weighted by Gasteiger charge is 2.15. The van der Waals surface area contributed by atoms with Gasteiger partial charge in [-0.25, -0.2) is 0 Å². The number of hydrogen-bond acceptors (Lipinski definition) is 4. The van der Waals surface area contributed by atoms with E-state index >= 15 is 0 Å². The monoisotopic (exact) mass is 281 g/mol. The summed E-state index contributed by atoms with van der Waals surface area (Å²) in [6.45, 7) is 4.09. The molecule has 2 aromatic heterocycles. The van der Waals surface area contributed by atoms with E-state index in [4.69, 9.17) is 9.15 Å². The number of fused-ring (bicyclic) bond motifs is 1. The van der Waals surface area contributed by atoms with Crippen molar-refractivity contribution in [3.05, 3.63) is 58.8 Å². The fraction of sp³-hybridized carbons (Fsp3) is 0.176. The molecule has 0 fully saturated rings. The summed E-state index contributed by atoms with van der Waals surface area (Å²) in [6, 6.07) is 11.6. The Balaban J connectivity index is 1.99. The first-order valence-electron chi connectivity index (χ1n) is 6.71. The maximum atomic E-state index is 11.4. The van der Waals surface area contributed by atoms with Crippen LogP contribution in [-0.2, 0) is 6.61 Å². The van der Waals surface area contributed by atoms with Gasteiger partial charge in [-0.2, -0.15) is 4.98 Å². The Kier molecular flexibility index (Phi) is 3.44. The first kappa shape index (κ1) is 13.4. The van der Waals surface area contributed by atoms with Crippen molar-refractivity contribution in [2.75, 3.05) is 0 Å². The summed E-state index contributed by atoms with van der Waals surface area (Å²) in [6.07, 6.45) is 0.782. The lowest BCUT2D eigenvalue weighted by Crippen LogP contribution is -2.02. The lowest BCUT2D eigenvalue weighted by Gasteiger charge is -2.09. The minimum absolute atomic E-state index is 0.313. The molecule has 106 valence electrons. The van der Waals surface area contributed by atoms with Crippen molar-refractivity contribution in [2.24, 2.45) is 0 Å². The van der Waals surface area contributed by atoms with Gasteiger partial charge in [-0.15, -0.1) is 0 Å². The van der Waals surface area contributed by atoms with E-state index in [9.17, 15) is 4.79 Å². The number of carbonyl (C=O) groups is 1. The summed E-state index contributed by atoms with van der Waals surface area (Å²) in [5, 5.41) is 0.849. The Bertz CT molecular complexity index is 791. The van der Waals surface area contributed by atoms with Crippen LogP contribution in [0.4, 0.5) is 0 Å². The second-order valence-corrected chi connectivity index (χ2v) is 4.92. The van der Waals surface area contributed by atoms with Gasteiger partial charge in [-0.3, -0.25) is 4.79 Å². The van der Waals surface area contributed by atoms with Gasteiger partial charge in [-0.1, -0.05) is 30.3 Å². The molecule has 0 aliphatic carbocycles. The number of aldehydes is 1. The van der Waals surface area contributed by atoms with E-state index < -0.39 is 0 Å². The van der Waals surface area contributed by atoms with E-state index in [0.717, 1.165) is 28.6 Å². The Hall–Kier alpha value is -2.62. The van der Waals surface area contributed by atoms with Crippen LogP contribution in [-0.4, -0.2) is 11.3 Å². The molecule has 0 N–H and O–H groups in total. The first-order valence-corrected chi connectivity index (χ1v) is 6.71. The van der Waals surface area contributed by atoms with Crippen LogP contribution in [0.25, 0.3) is 11.1 Å². The van der Waals surface area contributed by atoms with Crippen molar-refractivity contribution < 1.29 is 13.9 Å². The zero-order valence-electron chi connectivity index (χ0n) is 11.9. The largest absolute Gasteiger partial charge is 0.472 e. The second-order valence-electron chi connectivity index (χ2n) is 4.92. The van der Waals surface area contributed by atoms with Gasteiger partial charge in [-0.05, 0) is 31.0 Å². The maximum Gasteiger partial charge on any atom is 0.229 e. The minimum Gasteiger partial charge on any atom is -0.472 e. The predicted octanol–water partition coefficient (Wildman–Crippen LogP) is 3.84. The summed E-state index contributed by atoms with van der Waals surface area (Å²) in [5.74, 6) is 1.07. The smallest absolute Gasteiger partial charge is 0.229 e. The number of benzene rings is 1. The van der Waals surface area contributed by atoms with E-state index in [2.05, 4.69) is 4.98 Å². The van der Waals surface area contributed by atoms with Crippen molar-refractivity contribution in [3.8, 4) is 5.88 Å². The summed E-state index contributed by atoms with van der Waals surface area (Å²) >= 11 is 0. The van der Waals surface area contributed by atoms with Crippen molar-refractivity contribution in [2.45, 2.75) is 20.5 Å². The van der Waals surface area contributed by atoms with Crippen LogP contribution in [0.2, 0.25) is 0 Å². The molecule has 0 bridgehead atoms. The molecular weight excluding hydrogens is 266 g/mol. The van der Waals surface area contributed by atoms with Crippen LogP contribution in [0.5, 0.6) is 5.88 Å². The summed E-state index contributed by atoms with van der Waals surface area (Å²) in [4.78, 5) is 15.7. The molecule has 3 aromatic rings. The third-order valence-electron chi connectivity index (χ3n) is 3.41. The highest BCUT2D eigenvalue weighted by Crippen LogP contribution is 2.28. The molecule has 0 saturated carbocycles. The first-order chi connectivity index (χ1) is 10.2. The number of nitrogens with zero attached hydrogens (tertiary/aromatic N) is 1. The molecule has 0 amide bonds. The zero-order chi connectivity index (χ0) is 14.8. The van der Waals surface area contributed by atoms with Crippen LogP contribution in [0.1, 0.15) is 27.2 Å². The molecule has 4 heteroatoms. The Labute approximate surface area is 122 Å². The van der Waals surface area contributed by atoms with Gasteiger partial charge >= 0.3 is 0 Å². The standard InChI is InChI=1S/C17H15NO3/c1-11-8-14-12(2)15(9-19)16(18-17(14)21-11)20-10-13-6-4-3-5-7-13/h3-9H,10H2,1-2H3. The fourth-order valence-corrected chi connectivity index (χ4v) is 2.29. The number of rotatable bonds is 4. The van der Waals surface area contributed by atoms with Gasteiger partial charge in [0.2, 0.25) is 11.6 Å². The van der Waals surface area contributed by atoms with Gasteiger partial charge in [0.25, 0.3) is 0 Å². The van der Waals surface area contributed by atoms with Crippen molar-refractivity contribution in [1.29, 1.82) is 0 Å². The number of pyridine rings is 1. The molecule has 0 aliphatic heterocycles. The third-order valence-corrected chi connectivity index (χ3v) is 3.41. The molecule has 0 spiro atoms. The fourth-order valence-electron chi connectivity index (χ4n) is 2.29. The van der Waals surface area contributed by atoms with Gasteiger partial charge in [0, 0.05) is 5.39 Å². The summed E-state index contributed by atoms with van der Waals surface area (Å²) in [7, 11) is 0. The third kappa shape index (κ3) is 2.52. The van der Waals surface area contributed by atoms with E-state index in [0.29, 0.717) is 23.8 Å². The Morgan fingerprint density at radius 2 is 2.00 bits per heavy atom. The van der Waals surface area contributed by atoms with Crippen LogP contribution < -0.4 is 4.74 Å². The molecule has 0 saturated heterocycles. The van der Waals surface area contributed by atoms with Gasteiger partial charge in [0.15, 0.2) is 6.29 Å². The Morgan fingerprint density at radius 3 is 2.71 bits per heavy atom. The molecule has 21 heavy (non-hydrogen) atoms. The van der Waals surface area contributed by atoms with Crippen LogP contribution in [0.15, 0.2) is 40.8 Å². The van der Waals surface area contributed by atoms with Crippen molar-refractivity contribution in [1.82, 2.24) is 4.98 Å². The average Bonchev–Trinajstić information content (AvgIpc) is 2.87. The number of carbonyl (C=O) groups excluding carboxylic acids is 1. The molecule has 4 nitrogen and oxygen atoms in total. The van der Waals surface area contributed by atoms with Gasteiger partial charge < -0.3 is 9.15 Å². The topological polar surface area (TPSA) is 52.3 Å². The molecule has 0 unspecified atom stereocenters. The number of aromatic nitrogens is 1. The van der Waals surface area contributed by atoms with Crippen LogP contribution in [0.3, 0.4) is 0 Å². The summed E-state index contributed by atoms with van der Waals surface area (Å²) in [5.41, 5.74) is 2.82. The molecule has 0 atom stereocenters. The molecular formula is C17H15NO3. The van der Waals surface area contributed by atoms with Gasteiger partial charge in [0.05, 0.1) is 5.56 Å². The molecule has 0 radical (unpaired) electrons. The quantitative estimate of drug-likeness (QED) is 0.682. The highest BCUT2D eigenvalue weighted by atomic mass is 16.5. The number of aryl methyl sites for hydroxylation is 2. The van der Waals surface area contributed by atoms with E-state index in [1.165, 1.54) is 0 Å². The van der Waals surface area contributed by atoms with Crippen molar-refractivity contribution in [3.63, 3.8) is 0 Å². The zero-order valence-corrected chi connectivity index (χ0v) is 11.9. The number of ether oxygens (including phenoxy) is 1. The molecule has 0 aliphatic rings. The molecule has 3 rings (SSSR count). The summed E-state index contributed by atoms with van der Waals surface area (Å²) < 4.78 is 11.2. The molecule has 1 aromatic carbocycles. The number of hydrogen-bond donors (Lipinski definition) is 0. The SMILES string of the molecule is Cc1cc2c(C)c(C=O)c(OCc3ccccc3)nc2o1. The van der Waals surface area contributed by atoms with E-state index in [-0.39, 0.29) is 0 Å². The van der Waals surface area contributed by atoms with Crippen LogP contribution in [0, 0.1) is 13.8 Å². The average molecular weight is 281 g/mol. The number of furan rings is 1. The van der Waals surface area contributed by atoms with Gasteiger partial charge in [0.1, 0.15) is 12.4 Å². The normalized spacial score (nSPS) is 10.8. The highest BCUT2D eigenvalue weighted by molar-refractivity contribution is 5.91. The Morgan fingerprint density at radius 1 is 1.24 bits per heavy atom. The van der Waals surface area contributed by atoms with Crippen molar-refractivity contribution >= 4 is 17.4 Å². The van der Waals surface area contributed by atoms with Crippen LogP contribution >= 0.6 is 0 Å². The maximum absolute atomic E-state index is 11.4. The predicted molar refractivity (Wildman–Crippen MR) is 79.6 cm³/mol. The lowest BCUT2D eigenvalue weighted by atomic mass is 10.1. The molecule has 2 heterocycles. The second kappa shape index (κ2) is 5.40.